The summed E-state index contributed by atoms with van der Waals surface area (Å²) in [6.07, 6.45) is 1.97. The summed E-state index contributed by atoms with van der Waals surface area (Å²) in [5.74, 6) is -0.221. The summed E-state index contributed by atoms with van der Waals surface area (Å²) >= 11 is 0. The molecule has 0 aliphatic carbocycles. The lowest BCUT2D eigenvalue weighted by atomic mass is 10.1. The highest BCUT2D eigenvalue weighted by Crippen LogP contribution is 2.12. The van der Waals surface area contributed by atoms with E-state index in [4.69, 9.17) is 0 Å². The smallest absolute Gasteiger partial charge is 0.156 e. The molecular formula is C16H13FN2O. The Balaban J connectivity index is 1.74. The Morgan fingerprint density at radius 2 is 1.85 bits per heavy atom. The van der Waals surface area contributed by atoms with Gasteiger partial charge < -0.3 is 4.57 Å². The number of ketones is 1. The van der Waals surface area contributed by atoms with Crippen molar-refractivity contribution < 1.29 is 9.18 Å². The van der Waals surface area contributed by atoms with E-state index in [-0.39, 0.29) is 18.1 Å². The molecule has 2 aromatic carbocycles. The van der Waals surface area contributed by atoms with E-state index in [0.29, 0.717) is 6.42 Å². The number of rotatable bonds is 4. The summed E-state index contributed by atoms with van der Waals surface area (Å²) in [7, 11) is 0. The highest BCUT2D eigenvalue weighted by molar-refractivity contribution is 5.83. The third-order valence-corrected chi connectivity index (χ3v) is 3.19. The second-order valence-electron chi connectivity index (χ2n) is 4.70. The molecule has 3 rings (SSSR count). The van der Waals surface area contributed by atoms with Crippen LogP contribution in [0.1, 0.15) is 5.56 Å². The standard InChI is InChI=1S/C16H13FN2O/c17-13-7-5-12(6-8-13)9-14(20)10-19-11-18-15-3-1-2-4-16(15)19/h1-8,11H,9-10H2. The molecule has 0 unspecified atom stereocenters. The first kappa shape index (κ1) is 12.5. The van der Waals surface area contributed by atoms with Crippen molar-refractivity contribution in [2.24, 2.45) is 0 Å². The van der Waals surface area contributed by atoms with Gasteiger partial charge in [0.25, 0.3) is 0 Å². The number of aromatic nitrogens is 2. The molecule has 1 heterocycles. The zero-order valence-electron chi connectivity index (χ0n) is 10.8. The number of hydrogen-bond acceptors (Lipinski definition) is 2. The van der Waals surface area contributed by atoms with Crippen LogP contribution in [0.4, 0.5) is 4.39 Å². The topological polar surface area (TPSA) is 34.9 Å². The van der Waals surface area contributed by atoms with Crippen molar-refractivity contribution in [2.45, 2.75) is 13.0 Å². The average Bonchev–Trinajstić information content (AvgIpc) is 2.85. The molecule has 0 atom stereocenters. The van der Waals surface area contributed by atoms with Crippen LogP contribution in [0.25, 0.3) is 11.0 Å². The first-order valence-corrected chi connectivity index (χ1v) is 6.38. The number of nitrogens with zero attached hydrogens (tertiary/aromatic N) is 2. The van der Waals surface area contributed by atoms with Gasteiger partial charge in [-0.25, -0.2) is 9.37 Å². The van der Waals surface area contributed by atoms with Crippen LogP contribution in [0.5, 0.6) is 0 Å². The van der Waals surface area contributed by atoms with Crippen molar-refractivity contribution in [3.05, 3.63) is 66.2 Å². The van der Waals surface area contributed by atoms with Gasteiger partial charge in [-0.05, 0) is 29.8 Å². The Bertz CT molecular complexity index is 747. The molecule has 0 aliphatic rings. The molecule has 0 bridgehead atoms. The number of halogens is 1. The SMILES string of the molecule is O=C(Cc1ccc(F)cc1)Cn1cnc2ccccc21. The number of Topliss-reactive ketones (excluding diaryl/α,β-unsaturated/α-hetero) is 1. The molecule has 0 amide bonds. The molecule has 3 aromatic rings. The Kier molecular flexibility index (Phi) is 3.29. The van der Waals surface area contributed by atoms with Crippen molar-refractivity contribution in [3.8, 4) is 0 Å². The van der Waals surface area contributed by atoms with Crippen LogP contribution in [-0.2, 0) is 17.8 Å². The third-order valence-electron chi connectivity index (χ3n) is 3.19. The third kappa shape index (κ3) is 2.59. The maximum Gasteiger partial charge on any atom is 0.156 e. The first-order chi connectivity index (χ1) is 9.72. The van der Waals surface area contributed by atoms with Gasteiger partial charge >= 0.3 is 0 Å². The summed E-state index contributed by atoms with van der Waals surface area (Å²) in [5.41, 5.74) is 2.64. The summed E-state index contributed by atoms with van der Waals surface area (Å²) in [4.78, 5) is 16.3. The second kappa shape index (κ2) is 5.25. The number of benzene rings is 2. The van der Waals surface area contributed by atoms with Crippen LogP contribution in [-0.4, -0.2) is 15.3 Å². The normalized spacial score (nSPS) is 10.8. The van der Waals surface area contributed by atoms with Crippen molar-refractivity contribution >= 4 is 16.8 Å². The lowest BCUT2D eigenvalue weighted by molar-refractivity contribution is -0.118. The average molecular weight is 268 g/mol. The number of carbonyl (C=O) groups excluding carboxylic acids is 1. The lowest BCUT2D eigenvalue weighted by Gasteiger charge is -2.04. The van der Waals surface area contributed by atoms with Crippen LogP contribution >= 0.6 is 0 Å². The fourth-order valence-corrected chi connectivity index (χ4v) is 2.21. The van der Waals surface area contributed by atoms with Gasteiger partial charge in [0.15, 0.2) is 5.78 Å². The first-order valence-electron chi connectivity index (χ1n) is 6.38. The Hall–Kier alpha value is -2.49. The maximum atomic E-state index is 12.8. The van der Waals surface area contributed by atoms with E-state index < -0.39 is 0 Å². The summed E-state index contributed by atoms with van der Waals surface area (Å²) in [6, 6.07) is 13.7. The molecule has 3 nitrogen and oxygen atoms in total. The number of para-hydroxylation sites is 2. The fourth-order valence-electron chi connectivity index (χ4n) is 2.21. The predicted molar refractivity (Wildman–Crippen MR) is 74.8 cm³/mol. The monoisotopic (exact) mass is 268 g/mol. The molecule has 20 heavy (non-hydrogen) atoms. The molecule has 0 saturated heterocycles. The minimum absolute atomic E-state index is 0.0692. The van der Waals surface area contributed by atoms with Gasteiger partial charge in [0.05, 0.1) is 23.9 Å². The van der Waals surface area contributed by atoms with E-state index in [0.717, 1.165) is 16.6 Å². The molecular weight excluding hydrogens is 255 g/mol. The summed E-state index contributed by atoms with van der Waals surface area (Å²) in [6.45, 7) is 0.276. The largest absolute Gasteiger partial charge is 0.323 e. The Labute approximate surface area is 115 Å². The van der Waals surface area contributed by atoms with Crippen molar-refractivity contribution in [1.82, 2.24) is 9.55 Å². The quantitative estimate of drug-likeness (QED) is 0.729. The van der Waals surface area contributed by atoms with Crippen LogP contribution in [0.2, 0.25) is 0 Å². The van der Waals surface area contributed by atoms with E-state index in [2.05, 4.69) is 4.98 Å². The van der Waals surface area contributed by atoms with Crippen LogP contribution in [0.3, 0.4) is 0 Å². The van der Waals surface area contributed by atoms with Gasteiger partial charge in [0.2, 0.25) is 0 Å². The number of hydrogen-bond donors (Lipinski definition) is 0. The lowest BCUT2D eigenvalue weighted by Crippen LogP contribution is -2.11. The van der Waals surface area contributed by atoms with Crippen LogP contribution in [0, 0.1) is 5.82 Å². The zero-order valence-corrected chi connectivity index (χ0v) is 10.8. The molecule has 4 heteroatoms. The molecule has 1 aromatic heterocycles. The predicted octanol–water partition coefficient (Wildman–Crippen LogP) is 2.99. The highest BCUT2D eigenvalue weighted by atomic mass is 19.1. The van der Waals surface area contributed by atoms with Gasteiger partial charge in [-0.3, -0.25) is 4.79 Å². The highest BCUT2D eigenvalue weighted by Gasteiger charge is 2.08. The van der Waals surface area contributed by atoms with Crippen molar-refractivity contribution in [2.75, 3.05) is 0 Å². The van der Waals surface area contributed by atoms with Gasteiger partial charge in [0.1, 0.15) is 5.82 Å². The van der Waals surface area contributed by atoms with Crippen LogP contribution in [0.15, 0.2) is 54.9 Å². The molecule has 0 N–H and O–H groups in total. The fraction of sp³-hybridized carbons (Fsp3) is 0.125. The molecule has 100 valence electrons. The maximum absolute atomic E-state index is 12.8. The Morgan fingerprint density at radius 1 is 1.10 bits per heavy atom. The number of carbonyl (C=O) groups is 1. The summed E-state index contributed by atoms with van der Waals surface area (Å²) in [5, 5.41) is 0. The molecule has 0 saturated carbocycles. The van der Waals surface area contributed by atoms with Crippen molar-refractivity contribution in [3.63, 3.8) is 0 Å². The van der Waals surface area contributed by atoms with Gasteiger partial charge in [-0.2, -0.15) is 0 Å². The molecule has 0 spiro atoms. The van der Waals surface area contributed by atoms with Gasteiger partial charge in [-0.1, -0.05) is 24.3 Å². The van der Waals surface area contributed by atoms with Gasteiger partial charge in [-0.15, -0.1) is 0 Å². The second-order valence-corrected chi connectivity index (χ2v) is 4.70. The number of fused-ring (bicyclic) bond motifs is 1. The molecule has 0 aliphatic heterocycles. The minimum atomic E-state index is -0.290. The van der Waals surface area contributed by atoms with Crippen LogP contribution < -0.4 is 0 Å². The molecule has 0 fully saturated rings. The summed E-state index contributed by atoms with van der Waals surface area (Å²) < 4.78 is 14.6. The number of imidazole rings is 1. The van der Waals surface area contributed by atoms with E-state index in [9.17, 15) is 9.18 Å². The van der Waals surface area contributed by atoms with E-state index in [1.165, 1.54) is 12.1 Å². The molecule has 0 radical (unpaired) electrons. The van der Waals surface area contributed by atoms with Crippen molar-refractivity contribution in [1.29, 1.82) is 0 Å². The minimum Gasteiger partial charge on any atom is -0.323 e. The Morgan fingerprint density at radius 3 is 2.65 bits per heavy atom. The van der Waals surface area contributed by atoms with Gasteiger partial charge in [0, 0.05) is 6.42 Å². The van der Waals surface area contributed by atoms with E-state index in [1.807, 2.05) is 28.8 Å². The van der Waals surface area contributed by atoms with E-state index >= 15 is 0 Å². The zero-order chi connectivity index (χ0) is 13.9. The van der Waals surface area contributed by atoms with E-state index in [1.54, 1.807) is 18.5 Å².